The molecule has 1 aromatic heterocycles. The molecule has 0 aliphatic rings. The van der Waals surface area contributed by atoms with Gasteiger partial charge in [-0.2, -0.15) is 4.98 Å². The first kappa shape index (κ1) is 12.4. The average molecular weight is 334 g/mol. The van der Waals surface area contributed by atoms with Gasteiger partial charge >= 0.3 is 0 Å². The van der Waals surface area contributed by atoms with Crippen LogP contribution in [0.2, 0.25) is 10.0 Å². The molecule has 2 aromatic rings. The van der Waals surface area contributed by atoms with Gasteiger partial charge in [-0.3, -0.25) is 0 Å². The first-order valence-electron chi connectivity index (χ1n) is 4.57. The zero-order valence-corrected chi connectivity index (χ0v) is 11.5. The zero-order valence-electron chi connectivity index (χ0n) is 8.42. The Morgan fingerprint density at radius 3 is 2.65 bits per heavy atom. The van der Waals surface area contributed by atoms with Crippen LogP contribution in [0, 0.1) is 0 Å². The normalized spacial score (nSPS) is 10.3. The van der Waals surface area contributed by atoms with Crippen LogP contribution in [-0.4, -0.2) is 9.97 Å². The summed E-state index contributed by atoms with van der Waals surface area (Å²) in [5.74, 6) is 0.702. The van der Waals surface area contributed by atoms with E-state index >= 15 is 0 Å². The molecule has 0 unspecified atom stereocenters. The standard InChI is InChI=1S/C10H7BrCl2N4/c11-8-4-9(14)17-10(16-8)15-7-3-5(12)1-2-6(7)13/h1-4H,(H3,14,15,16,17). The maximum absolute atomic E-state index is 6.01. The van der Waals surface area contributed by atoms with Gasteiger partial charge in [0, 0.05) is 11.1 Å². The van der Waals surface area contributed by atoms with Gasteiger partial charge in [-0.1, -0.05) is 23.2 Å². The molecule has 1 aromatic carbocycles. The summed E-state index contributed by atoms with van der Waals surface area (Å²) in [5.41, 5.74) is 6.22. The van der Waals surface area contributed by atoms with Crippen LogP contribution in [0.5, 0.6) is 0 Å². The quantitative estimate of drug-likeness (QED) is 0.819. The van der Waals surface area contributed by atoms with Crippen LogP contribution in [0.15, 0.2) is 28.9 Å². The number of rotatable bonds is 2. The Morgan fingerprint density at radius 1 is 1.18 bits per heavy atom. The van der Waals surface area contributed by atoms with Crippen LogP contribution in [0.25, 0.3) is 0 Å². The Morgan fingerprint density at radius 2 is 1.94 bits per heavy atom. The molecule has 0 saturated heterocycles. The van der Waals surface area contributed by atoms with E-state index in [0.29, 0.717) is 32.1 Å². The van der Waals surface area contributed by atoms with Gasteiger partial charge in [0.1, 0.15) is 10.4 Å². The monoisotopic (exact) mass is 332 g/mol. The highest BCUT2D eigenvalue weighted by molar-refractivity contribution is 9.10. The SMILES string of the molecule is Nc1cc(Br)nc(Nc2cc(Cl)ccc2Cl)n1. The van der Waals surface area contributed by atoms with E-state index in [2.05, 4.69) is 31.2 Å². The lowest BCUT2D eigenvalue weighted by Crippen LogP contribution is -2.01. The second-order valence-corrected chi connectivity index (χ2v) is 4.84. The minimum atomic E-state index is 0.348. The van der Waals surface area contributed by atoms with E-state index in [1.807, 2.05) is 0 Å². The highest BCUT2D eigenvalue weighted by atomic mass is 79.9. The minimum Gasteiger partial charge on any atom is -0.383 e. The van der Waals surface area contributed by atoms with E-state index in [4.69, 9.17) is 28.9 Å². The van der Waals surface area contributed by atoms with Crippen molar-refractivity contribution in [2.75, 3.05) is 11.1 Å². The summed E-state index contributed by atoms with van der Waals surface area (Å²) in [7, 11) is 0. The molecular weight excluding hydrogens is 327 g/mol. The molecule has 4 nitrogen and oxygen atoms in total. The second kappa shape index (κ2) is 5.08. The van der Waals surface area contributed by atoms with Crippen molar-refractivity contribution in [3.8, 4) is 0 Å². The van der Waals surface area contributed by atoms with E-state index in [0.717, 1.165) is 0 Å². The molecule has 7 heteroatoms. The molecule has 88 valence electrons. The molecular formula is C10H7BrCl2N4. The van der Waals surface area contributed by atoms with Crippen LogP contribution >= 0.6 is 39.1 Å². The molecule has 3 N–H and O–H groups in total. The van der Waals surface area contributed by atoms with Gasteiger partial charge in [0.05, 0.1) is 10.7 Å². The summed E-state index contributed by atoms with van der Waals surface area (Å²) in [6.07, 6.45) is 0. The van der Waals surface area contributed by atoms with Crippen molar-refractivity contribution in [3.05, 3.63) is 38.9 Å². The number of benzene rings is 1. The van der Waals surface area contributed by atoms with Crippen molar-refractivity contribution in [3.63, 3.8) is 0 Å². The molecule has 17 heavy (non-hydrogen) atoms. The Labute approximate surface area is 116 Å². The van der Waals surface area contributed by atoms with Crippen molar-refractivity contribution in [1.82, 2.24) is 9.97 Å². The molecule has 2 rings (SSSR count). The van der Waals surface area contributed by atoms with Crippen molar-refractivity contribution >= 4 is 56.6 Å². The third-order valence-electron chi connectivity index (χ3n) is 1.89. The zero-order chi connectivity index (χ0) is 12.4. The van der Waals surface area contributed by atoms with Crippen LogP contribution in [-0.2, 0) is 0 Å². The largest absolute Gasteiger partial charge is 0.383 e. The lowest BCUT2D eigenvalue weighted by atomic mass is 10.3. The van der Waals surface area contributed by atoms with Crippen molar-refractivity contribution in [2.45, 2.75) is 0 Å². The Hall–Kier alpha value is -1.04. The maximum atomic E-state index is 6.01. The molecule has 0 atom stereocenters. The van der Waals surface area contributed by atoms with Crippen LogP contribution in [0.4, 0.5) is 17.5 Å². The molecule has 0 aliphatic carbocycles. The van der Waals surface area contributed by atoms with Gasteiger partial charge in [0.15, 0.2) is 0 Å². The number of nitrogen functional groups attached to an aromatic ring is 1. The average Bonchev–Trinajstić information content (AvgIpc) is 2.22. The third-order valence-corrected chi connectivity index (χ3v) is 2.86. The molecule has 0 radical (unpaired) electrons. The van der Waals surface area contributed by atoms with Crippen molar-refractivity contribution in [1.29, 1.82) is 0 Å². The molecule has 0 fully saturated rings. The maximum Gasteiger partial charge on any atom is 0.230 e. The number of hydrogen-bond donors (Lipinski definition) is 2. The van der Waals surface area contributed by atoms with Gasteiger partial charge in [0.2, 0.25) is 5.95 Å². The number of nitrogens with one attached hydrogen (secondary N) is 1. The lowest BCUT2D eigenvalue weighted by molar-refractivity contribution is 1.15. The fraction of sp³-hybridized carbons (Fsp3) is 0. The van der Waals surface area contributed by atoms with Crippen LogP contribution in [0.1, 0.15) is 0 Å². The number of hydrogen-bond acceptors (Lipinski definition) is 4. The first-order chi connectivity index (χ1) is 8.04. The van der Waals surface area contributed by atoms with Crippen LogP contribution in [0.3, 0.4) is 0 Å². The summed E-state index contributed by atoms with van der Waals surface area (Å²) in [5, 5.41) is 4.04. The van der Waals surface area contributed by atoms with Gasteiger partial charge in [-0.15, -0.1) is 0 Å². The summed E-state index contributed by atoms with van der Waals surface area (Å²) >= 11 is 15.1. The van der Waals surface area contributed by atoms with E-state index in [-0.39, 0.29) is 0 Å². The fourth-order valence-corrected chi connectivity index (χ4v) is 1.94. The van der Waals surface area contributed by atoms with Gasteiger partial charge in [-0.05, 0) is 34.1 Å². The van der Waals surface area contributed by atoms with E-state index < -0.39 is 0 Å². The number of aromatic nitrogens is 2. The van der Waals surface area contributed by atoms with Gasteiger partial charge in [-0.25, -0.2) is 4.98 Å². The second-order valence-electron chi connectivity index (χ2n) is 3.19. The minimum absolute atomic E-state index is 0.348. The van der Waals surface area contributed by atoms with Crippen LogP contribution < -0.4 is 11.1 Å². The summed E-state index contributed by atoms with van der Waals surface area (Å²) in [4.78, 5) is 8.14. The molecule has 0 bridgehead atoms. The topological polar surface area (TPSA) is 63.8 Å². The molecule has 0 amide bonds. The summed E-state index contributed by atoms with van der Waals surface area (Å²) < 4.78 is 0.589. The number of nitrogens with zero attached hydrogens (tertiary/aromatic N) is 2. The third kappa shape index (κ3) is 3.21. The van der Waals surface area contributed by atoms with E-state index in [1.54, 1.807) is 24.3 Å². The first-order valence-corrected chi connectivity index (χ1v) is 6.11. The fourth-order valence-electron chi connectivity index (χ4n) is 1.20. The van der Waals surface area contributed by atoms with Gasteiger partial charge < -0.3 is 11.1 Å². The van der Waals surface area contributed by atoms with Crippen molar-refractivity contribution in [2.24, 2.45) is 0 Å². The summed E-state index contributed by atoms with van der Waals surface area (Å²) in [6.45, 7) is 0. The Balaban J connectivity index is 2.34. The van der Waals surface area contributed by atoms with E-state index in [1.165, 1.54) is 0 Å². The van der Waals surface area contributed by atoms with E-state index in [9.17, 15) is 0 Å². The van der Waals surface area contributed by atoms with Gasteiger partial charge in [0.25, 0.3) is 0 Å². The molecule has 1 heterocycles. The smallest absolute Gasteiger partial charge is 0.230 e. The molecule has 0 saturated carbocycles. The highest BCUT2D eigenvalue weighted by Gasteiger charge is 2.05. The highest BCUT2D eigenvalue weighted by Crippen LogP contribution is 2.27. The predicted molar refractivity (Wildman–Crippen MR) is 73.9 cm³/mol. The Bertz CT molecular complexity index is 542. The van der Waals surface area contributed by atoms with Crippen molar-refractivity contribution < 1.29 is 0 Å². The number of nitrogens with two attached hydrogens (primary N) is 1. The lowest BCUT2D eigenvalue weighted by Gasteiger charge is -2.08. The molecule has 0 aliphatic heterocycles. The number of anilines is 3. The molecule has 0 spiro atoms. The number of halogens is 3. The Kier molecular flexibility index (Phi) is 3.71. The summed E-state index contributed by atoms with van der Waals surface area (Å²) in [6, 6.07) is 6.67. The predicted octanol–water partition coefficient (Wildman–Crippen LogP) is 3.87.